The summed E-state index contributed by atoms with van der Waals surface area (Å²) in [5.74, 6) is -2.69. The summed E-state index contributed by atoms with van der Waals surface area (Å²) < 4.78 is 62.3. The third-order valence-electron chi connectivity index (χ3n) is 2.29. The first-order valence-electron chi connectivity index (χ1n) is 4.54. The molecule has 17 heavy (non-hydrogen) atoms. The summed E-state index contributed by atoms with van der Waals surface area (Å²) in [7, 11) is 0. The molecule has 1 saturated heterocycles. The zero-order valence-electron chi connectivity index (χ0n) is 8.23. The first-order chi connectivity index (χ1) is 7.69. The van der Waals surface area contributed by atoms with E-state index in [4.69, 9.17) is 0 Å². The van der Waals surface area contributed by atoms with Gasteiger partial charge in [-0.15, -0.1) is 0 Å². The Balaban J connectivity index is 2.22. The van der Waals surface area contributed by atoms with E-state index in [0.717, 1.165) is 6.07 Å². The maximum absolute atomic E-state index is 12.6. The summed E-state index contributed by atoms with van der Waals surface area (Å²) in [5.41, 5.74) is -0.916. The standard InChI is InChI=1S/C9H6BrF5N2/c10-6-1-5(9(13,14)15)2-16-7(6)17-3-8(11,12)4-17/h1-2H,3-4H2. The van der Waals surface area contributed by atoms with Gasteiger partial charge in [0.15, 0.2) is 0 Å². The van der Waals surface area contributed by atoms with Crippen molar-refractivity contribution in [3.8, 4) is 0 Å². The Kier molecular flexibility index (Phi) is 2.80. The van der Waals surface area contributed by atoms with Crippen LogP contribution in [0.15, 0.2) is 16.7 Å². The molecule has 0 radical (unpaired) electrons. The monoisotopic (exact) mass is 316 g/mol. The number of rotatable bonds is 1. The largest absolute Gasteiger partial charge is 0.417 e. The summed E-state index contributed by atoms with van der Waals surface area (Å²) in [6.07, 6.45) is -3.86. The minimum absolute atomic E-state index is 0.0582. The third kappa shape index (κ3) is 2.51. The summed E-state index contributed by atoms with van der Waals surface area (Å²) in [4.78, 5) is 4.77. The van der Waals surface area contributed by atoms with E-state index in [1.807, 2.05) is 0 Å². The molecule has 0 amide bonds. The predicted molar refractivity (Wildman–Crippen MR) is 54.1 cm³/mol. The number of anilines is 1. The molecule has 1 aromatic heterocycles. The van der Waals surface area contributed by atoms with Crippen molar-refractivity contribution in [2.24, 2.45) is 0 Å². The van der Waals surface area contributed by atoms with Crippen LogP contribution in [0.25, 0.3) is 0 Å². The minimum Gasteiger partial charge on any atom is -0.343 e. The van der Waals surface area contributed by atoms with Gasteiger partial charge in [0.25, 0.3) is 5.92 Å². The van der Waals surface area contributed by atoms with Gasteiger partial charge in [-0.25, -0.2) is 13.8 Å². The van der Waals surface area contributed by atoms with Crippen LogP contribution >= 0.6 is 15.9 Å². The highest BCUT2D eigenvalue weighted by Crippen LogP contribution is 2.37. The Bertz CT molecular complexity index is 438. The second-order valence-corrected chi connectivity index (χ2v) is 4.59. The lowest BCUT2D eigenvalue weighted by Crippen LogP contribution is -2.56. The number of hydrogen-bond acceptors (Lipinski definition) is 2. The van der Waals surface area contributed by atoms with Gasteiger partial charge >= 0.3 is 6.18 Å². The van der Waals surface area contributed by atoms with Crippen molar-refractivity contribution in [2.75, 3.05) is 18.0 Å². The van der Waals surface area contributed by atoms with Gasteiger partial charge in [0, 0.05) is 6.20 Å². The highest BCUT2D eigenvalue weighted by atomic mass is 79.9. The molecule has 0 aliphatic carbocycles. The van der Waals surface area contributed by atoms with Gasteiger partial charge in [-0.3, -0.25) is 0 Å². The summed E-state index contributed by atoms with van der Waals surface area (Å²) in [5, 5.41) is 0. The van der Waals surface area contributed by atoms with Gasteiger partial charge in [0.1, 0.15) is 5.82 Å². The zero-order chi connectivity index (χ0) is 12.8. The third-order valence-corrected chi connectivity index (χ3v) is 2.88. The molecular weight excluding hydrogens is 311 g/mol. The van der Waals surface area contributed by atoms with Gasteiger partial charge in [-0.2, -0.15) is 13.2 Å². The van der Waals surface area contributed by atoms with E-state index in [9.17, 15) is 22.0 Å². The normalized spacial score (nSPS) is 19.1. The number of halogens is 6. The average molecular weight is 317 g/mol. The SMILES string of the molecule is FC1(F)CN(c2ncc(C(F)(F)F)cc2Br)C1. The lowest BCUT2D eigenvalue weighted by molar-refractivity contribution is -0.137. The first-order valence-corrected chi connectivity index (χ1v) is 5.34. The minimum atomic E-state index is -4.49. The molecule has 94 valence electrons. The van der Waals surface area contributed by atoms with Crippen molar-refractivity contribution in [3.63, 3.8) is 0 Å². The second kappa shape index (κ2) is 3.79. The first kappa shape index (κ1) is 12.5. The van der Waals surface area contributed by atoms with Crippen molar-refractivity contribution in [1.29, 1.82) is 0 Å². The molecule has 8 heteroatoms. The molecule has 1 aromatic rings. The van der Waals surface area contributed by atoms with E-state index < -0.39 is 30.8 Å². The van der Waals surface area contributed by atoms with E-state index in [1.54, 1.807) is 0 Å². The number of hydrogen-bond donors (Lipinski definition) is 0. The fraction of sp³-hybridized carbons (Fsp3) is 0.444. The molecule has 0 saturated carbocycles. The molecule has 2 heterocycles. The van der Waals surface area contributed by atoms with E-state index in [2.05, 4.69) is 20.9 Å². The van der Waals surface area contributed by atoms with Crippen LogP contribution in [-0.4, -0.2) is 24.0 Å². The molecule has 1 aliphatic rings. The van der Waals surface area contributed by atoms with E-state index in [0.29, 0.717) is 6.20 Å². The summed E-state index contributed by atoms with van der Waals surface area (Å²) in [6, 6.07) is 0.832. The molecule has 0 unspecified atom stereocenters. The number of aromatic nitrogens is 1. The summed E-state index contributed by atoms with van der Waals surface area (Å²) >= 11 is 2.90. The number of nitrogens with zero attached hydrogens (tertiary/aromatic N) is 2. The van der Waals surface area contributed by atoms with Gasteiger partial charge in [-0.05, 0) is 22.0 Å². The Morgan fingerprint density at radius 3 is 2.29 bits per heavy atom. The smallest absolute Gasteiger partial charge is 0.343 e. The lowest BCUT2D eigenvalue weighted by Gasteiger charge is -2.39. The fourth-order valence-electron chi connectivity index (χ4n) is 1.48. The highest BCUT2D eigenvalue weighted by molar-refractivity contribution is 9.10. The molecule has 1 aliphatic heterocycles. The van der Waals surface area contributed by atoms with Crippen molar-refractivity contribution < 1.29 is 22.0 Å². The van der Waals surface area contributed by atoms with Gasteiger partial charge in [0.05, 0.1) is 23.1 Å². The van der Waals surface area contributed by atoms with Crippen LogP contribution in [0.5, 0.6) is 0 Å². The molecule has 0 atom stereocenters. The zero-order valence-corrected chi connectivity index (χ0v) is 9.82. The Hall–Kier alpha value is -0.920. The molecular formula is C9H6BrF5N2. The van der Waals surface area contributed by atoms with Gasteiger partial charge in [-0.1, -0.05) is 0 Å². The van der Waals surface area contributed by atoms with Gasteiger partial charge in [0.2, 0.25) is 0 Å². The maximum atomic E-state index is 12.6. The van der Waals surface area contributed by atoms with Crippen LogP contribution in [0.2, 0.25) is 0 Å². The van der Waals surface area contributed by atoms with Gasteiger partial charge < -0.3 is 4.90 Å². The van der Waals surface area contributed by atoms with Crippen LogP contribution in [0, 0.1) is 0 Å². The second-order valence-electron chi connectivity index (χ2n) is 3.74. The van der Waals surface area contributed by atoms with Crippen LogP contribution in [0.1, 0.15) is 5.56 Å². The molecule has 0 aromatic carbocycles. The summed E-state index contributed by atoms with van der Waals surface area (Å²) in [6.45, 7) is -1.05. The number of alkyl halides is 5. The maximum Gasteiger partial charge on any atom is 0.417 e. The molecule has 1 fully saturated rings. The molecule has 2 rings (SSSR count). The van der Waals surface area contributed by atoms with Crippen molar-refractivity contribution >= 4 is 21.7 Å². The number of pyridine rings is 1. The Labute approximate surface area is 102 Å². The quantitative estimate of drug-likeness (QED) is 0.739. The Morgan fingerprint density at radius 2 is 1.88 bits per heavy atom. The highest BCUT2D eigenvalue weighted by Gasteiger charge is 2.45. The lowest BCUT2D eigenvalue weighted by atomic mass is 10.1. The fourth-order valence-corrected chi connectivity index (χ4v) is 2.08. The van der Waals surface area contributed by atoms with Crippen LogP contribution < -0.4 is 4.90 Å². The van der Waals surface area contributed by atoms with Crippen LogP contribution in [-0.2, 0) is 6.18 Å². The Morgan fingerprint density at radius 1 is 1.29 bits per heavy atom. The topological polar surface area (TPSA) is 16.1 Å². The molecule has 0 N–H and O–H groups in total. The van der Waals surface area contributed by atoms with Crippen LogP contribution in [0.4, 0.5) is 27.8 Å². The van der Waals surface area contributed by atoms with Crippen molar-refractivity contribution in [3.05, 3.63) is 22.3 Å². The van der Waals surface area contributed by atoms with Crippen molar-refractivity contribution in [2.45, 2.75) is 12.1 Å². The molecule has 0 bridgehead atoms. The average Bonchev–Trinajstić information content (AvgIpc) is 2.12. The molecule has 2 nitrogen and oxygen atoms in total. The van der Waals surface area contributed by atoms with E-state index in [1.165, 1.54) is 4.90 Å². The predicted octanol–water partition coefficient (Wildman–Crippen LogP) is 3.32. The van der Waals surface area contributed by atoms with E-state index >= 15 is 0 Å². The van der Waals surface area contributed by atoms with Crippen LogP contribution in [0.3, 0.4) is 0 Å². The van der Waals surface area contributed by atoms with E-state index in [-0.39, 0.29) is 10.3 Å². The molecule has 0 spiro atoms. The van der Waals surface area contributed by atoms with Crippen molar-refractivity contribution in [1.82, 2.24) is 4.98 Å².